The quantitative estimate of drug-likeness (QED) is 0.886. The lowest BCUT2D eigenvalue weighted by Gasteiger charge is -2.08. The number of benzene rings is 1. The highest BCUT2D eigenvalue weighted by Crippen LogP contribution is 2.23. The minimum Gasteiger partial charge on any atom is -0.481 e. The highest BCUT2D eigenvalue weighted by atomic mass is 16.4. The summed E-state index contributed by atoms with van der Waals surface area (Å²) in [5, 5.41) is 13.7. The van der Waals surface area contributed by atoms with Gasteiger partial charge in [-0.05, 0) is 39.2 Å². The van der Waals surface area contributed by atoms with E-state index >= 15 is 0 Å². The molecule has 0 fully saturated rings. The summed E-state index contributed by atoms with van der Waals surface area (Å²) >= 11 is 0. The summed E-state index contributed by atoms with van der Waals surface area (Å²) in [6, 6.07) is 10.4. The zero-order valence-corrected chi connectivity index (χ0v) is 12.8. The number of aryl methyl sites for hydroxylation is 3. The highest BCUT2D eigenvalue weighted by Gasteiger charge is 2.22. The van der Waals surface area contributed by atoms with Crippen LogP contribution in [-0.2, 0) is 17.8 Å². The van der Waals surface area contributed by atoms with Gasteiger partial charge in [0.05, 0.1) is 11.6 Å². The summed E-state index contributed by atoms with van der Waals surface area (Å²) < 4.78 is 1.94. The standard InChI is InChI=1S/C17H22N2O2/c1-12(17(20)21)16-13(2)18-19(14(16)3)11-7-10-15-8-5-4-6-9-15/h4-6,8-9,12H,7,10-11H2,1-3H3,(H,20,21). The third-order valence-corrected chi connectivity index (χ3v) is 3.92. The van der Waals surface area contributed by atoms with Gasteiger partial charge in [0, 0.05) is 17.8 Å². The predicted molar refractivity (Wildman–Crippen MR) is 82.5 cm³/mol. The number of hydrogen-bond acceptors (Lipinski definition) is 2. The molecule has 0 spiro atoms. The number of carboxylic acid groups (broad SMARTS) is 1. The summed E-state index contributed by atoms with van der Waals surface area (Å²) in [7, 11) is 0. The third kappa shape index (κ3) is 3.51. The maximum atomic E-state index is 11.2. The molecule has 2 aromatic rings. The Balaban J connectivity index is 2.04. The van der Waals surface area contributed by atoms with Crippen molar-refractivity contribution in [3.8, 4) is 0 Å². The molecule has 0 saturated heterocycles. The molecule has 112 valence electrons. The second-order valence-electron chi connectivity index (χ2n) is 5.46. The van der Waals surface area contributed by atoms with Crippen molar-refractivity contribution < 1.29 is 9.90 Å². The summed E-state index contributed by atoms with van der Waals surface area (Å²) in [6.45, 7) is 6.37. The Labute approximate surface area is 125 Å². The Hall–Kier alpha value is -2.10. The minimum atomic E-state index is -0.801. The van der Waals surface area contributed by atoms with Crippen molar-refractivity contribution in [3.63, 3.8) is 0 Å². The van der Waals surface area contributed by atoms with E-state index in [9.17, 15) is 9.90 Å². The van der Waals surface area contributed by atoms with Crippen molar-refractivity contribution in [1.82, 2.24) is 9.78 Å². The molecule has 0 amide bonds. The van der Waals surface area contributed by atoms with Crippen LogP contribution >= 0.6 is 0 Å². The van der Waals surface area contributed by atoms with Crippen LogP contribution in [0.1, 0.15) is 41.8 Å². The van der Waals surface area contributed by atoms with Crippen LogP contribution in [0.5, 0.6) is 0 Å². The van der Waals surface area contributed by atoms with Gasteiger partial charge in [-0.15, -0.1) is 0 Å². The zero-order valence-electron chi connectivity index (χ0n) is 12.8. The van der Waals surface area contributed by atoms with E-state index in [2.05, 4.69) is 17.2 Å². The summed E-state index contributed by atoms with van der Waals surface area (Å²) in [4.78, 5) is 11.2. The van der Waals surface area contributed by atoms with Crippen molar-refractivity contribution in [2.75, 3.05) is 0 Å². The van der Waals surface area contributed by atoms with Crippen LogP contribution in [-0.4, -0.2) is 20.9 Å². The average Bonchev–Trinajstić information content (AvgIpc) is 2.74. The number of rotatable bonds is 6. The number of nitrogens with zero attached hydrogens (tertiary/aromatic N) is 2. The van der Waals surface area contributed by atoms with Crippen LogP contribution in [0.25, 0.3) is 0 Å². The zero-order chi connectivity index (χ0) is 15.4. The molecule has 1 unspecified atom stereocenters. The van der Waals surface area contributed by atoms with Crippen LogP contribution < -0.4 is 0 Å². The molecule has 0 bridgehead atoms. The SMILES string of the molecule is Cc1nn(CCCc2ccccc2)c(C)c1C(C)C(=O)O. The van der Waals surface area contributed by atoms with Gasteiger partial charge >= 0.3 is 5.97 Å². The first kappa shape index (κ1) is 15.3. The van der Waals surface area contributed by atoms with Gasteiger partial charge in [0.1, 0.15) is 0 Å². The molecule has 1 heterocycles. The molecule has 1 atom stereocenters. The Morgan fingerprint density at radius 1 is 1.29 bits per heavy atom. The Kier molecular flexibility index (Phi) is 4.78. The minimum absolute atomic E-state index is 0.507. The van der Waals surface area contributed by atoms with E-state index in [4.69, 9.17) is 0 Å². The largest absolute Gasteiger partial charge is 0.481 e. The van der Waals surface area contributed by atoms with E-state index in [0.717, 1.165) is 36.3 Å². The number of hydrogen-bond donors (Lipinski definition) is 1. The Bertz CT molecular complexity index is 617. The lowest BCUT2D eigenvalue weighted by atomic mass is 9.99. The highest BCUT2D eigenvalue weighted by molar-refractivity contribution is 5.76. The fraction of sp³-hybridized carbons (Fsp3) is 0.412. The first-order chi connectivity index (χ1) is 10.0. The molecular formula is C17H22N2O2. The Morgan fingerprint density at radius 3 is 2.57 bits per heavy atom. The smallest absolute Gasteiger partial charge is 0.310 e. The molecule has 1 aromatic heterocycles. The van der Waals surface area contributed by atoms with Crippen molar-refractivity contribution in [2.24, 2.45) is 0 Å². The second-order valence-corrected chi connectivity index (χ2v) is 5.46. The Morgan fingerprint density at radius 2 is 1.95 bits per heavy atom. The molecule has 4 heteroatoms. The first-order valence-corrected chi connectivity index (χ1v) is 7.31. The topological polar surface area (TPSA) is 55.1 Å². The molecule has 4 nitrogen and oxygen atoms in total. The van der Waals surface area contributed by atoms with Gasteiger partial charge in [0.15, 0.2) is 0 Å². The van der Waals surface area contributed by atoms with Crippen LogP contribution in [0.2, 0.25) is 0 Å². The second kappa shape index (κ2) is 6.57. The van der Waals surface area contributed by atoms with E-state index in [1.54, 1.807) is 6.92 Å². The monoisotopic (exact) mass is 286 g/mol. The van der Waals surface area contributed by atoms with E-state index in [-0.39, 0.29) is 0 Å². The van der Waals surface area contributed by atoms with Crippen LogP contribution in [0.15, 0.2) is 30.3 Å². The lowest BCUT2D eigenvalue weighted by Crippen LogP contribution is -2.10. The number of carbonyl (C=O) groups is 1. The molecule has 1 N–H and O–H groups in total. The van der Waals surface area contributed by atoms with Gasteiger partial charge in [-0.2, -0.15) is 5.10 Å². The first-order valence-electron chi connectivity index (χ1n) is 7.31. The fourth-order valence-electron chi connectivity index (χ4n) is 2.76. The van der Waals surface area contributed by atoms with Gasteiger partial charge in [-0.3, -0.25) is 9.48 Å². The van der Waals surface area contributed by atoms with Crippen molar-refractivity contribution in [1.29, 1.82) is 0 Å². The number of aromatic nitrogens is 2. The number of aliphatic carboxylic acids is 1. The van der Waals surface area contributed by atoms with E-state index in [1.807, 2.05) is 36.7 Å². The van der Waals surface area contributed by atoms with Gasteiger partial charge in [0.2, 0.25) is 0 Å². The molecule has 0 radical (unpaired) electrons. The van der Waals surface area contributed by atoms with E-state index < -0.39 is 11.9 Å². The van der Waals surface area contributed by atoms with Gasteiger partial charge < -0.3 is 5.11 Å². The molecule has 0 saturated carbocycles. The third-order valence-electron chi connectivity index (χ3n) is 3.92. The molecular weight excluding hydrogens is 264 g/mol. The number of carboxylic acids is 1. The van der Waals surface area contributed by atoms with Crippen molar-refractivity contribution in [2.45, 2.75) is 46.1 Å². The van der Waals surface area contributed by atoms with Crippen LogP contribution in [0, 0.1) is 13.8 Å². The van der Waals surface area contributed by atoms with E-state index in [1.165, 1.54) is 5.56 Å². The molecule has 0 aliphatic carbocycles. The van der Waals surface area contributed by atoms with Crippen molar-refractivity contribution >= 4 is 5.97 Å². The molecule has 2 rings (SSSR count). The van der Waals surface area contributed by atoms with Gasteiger partial charge in [0.25, 0.3) is 0 Å². The molecule has 0 aliphatic heterocycles. The predicted octanol–water partition coefficient (Wildman–Crippen LogP) is 3.32. The summed E-state index contributed by atoms with van der Waals surface area (Å²) in [6.07, 6.45) is 2.00. The summed E-state index contributed by atoms with van der Waals surface area (Å²) in [5.41, 5.74) is 3.96. The maximum absolute atomic E-state index is 11.2. The van der Waals surface area contributed by atoms with Gasteiger partial charge in [-0.25, -0.2) is 0 Å². The average molecular weight is 286 g/mol. The normalized spacial score (nSPS) is 12.3. The lowest BCUT2D eigenvalue weighted by molar-refractivity contribution is -0.138. The molecule has 21 heavy (non-hydrogen) atoms. The summed E-state index contributed by atoms with van der Waals surface area (Å²) in [5.74, 6) is -1.31. The van der Waals surface area contributed by atoms with E-state index in [0.29, 0.717) is 0 Å². The van der Waals surface area contributed by atoms with Gasteiger partial charge in [-0.1, -0.05) is 30.3 Å². The van der Waals surface area contributed by atoms with Crippen LogP contribution in [0.4, 0.5) is 0 Å². The molecule has 0 aliphatic rings. The fourth-order valence-corrected chi connectivity index (χ4v) is 2.76. The van der Waals surface area contributed by atoms with Crippen molar-refractivity contribution in [3.05, 3.63) is 52.8 Å². The van der Waals surface area contributed by atoms with Crippen LogP contribution in [0.3, 0.4) is 0 Å². The maximum Gasteiger partial charge on any atom is 0.310 e. The molecule has 1 aromatic carbocycles.